The molecule has 5 rings (SSSR count). The zero-order valence-corrected chi connectivity index (χ0v) is 18.9. The molecule has 0 amide bonds. The van der Waals surface area contributed by atoms with Gasteiger partial charge in [0.25, 0.3) is 0 Å². The number of nitrogens with zero attached hydrogens (tertiary/aromatic N) is 4. The van der Waals surface area contributed by atoms with Crippen LogP contribution in [-0.4, -0.2) is 48.1 Å². The molecule has 1 aliphatic heterocycles. The van der Waals surface area contributed by atoms with Crippen LogP contribution >= 0.6 is 23.1 Å². The molecule has 0 aliphatic carbocycles. The minimum Gasteiger partial charge on any atom is -0.399 e. The van der Waals surface area contributed by atoms with Gasteiger partial charge in [0.2, 0.25) is 5.95 Å². The van der Waals surface area contributed by atoms with Gasteiger partial charge in [0.05, 0.1) is 10.2 Å². The number of anilines is 4. The molecule has 1 aliphatic rings. The molecule has 0 radical (unpaired) electrons. The highest BCUT2D eigenvalue weighted by Gasteiger charge is 2.15. The number of piperazine rings is 1. The number of benzene rings is 2. The van der Waals surface area contributed by atoms with Crippen molar-refractivity contribution < 1.29 is 0 Å². The highest BCUT2D eigenvalue weighted by Crippen LogP contribution is 2.36. The minimum absolute atomic E-state index is 0.602. The Morgan fingerprint density at radius 1 is 1.00 bits per heavy atom. The van der Waals surface area contributed by atoms with Crippen molar-refractivity contribution >= 4 is 56.3 Å². The van der Waals surface area contributed by atoms with E-state index in [0.29, 0.717) is 5.95 Å². The second-order valence-electron chi connectivity index (χ2n) is 7.62. The molecule has 8 heteroatoms. The van der Waals surface area contributed by atoms with Crippen molar-refractivity contribution in [3.63, 3.8) is 0 Å². The van der Waals surface area contributed by atoms with Crippen LogP contribution in [0.3, 0.4) is 0 Å². The van der Waals surface area contributed by atoms with Crippen LogP contribution < -0.4 is 16.0 Å². The SMILES string of the molecule is CN1CCN(c2ccc(Nc3nc(Sc4cccc(N)c4)c4sccc4n3)cc2)CC1. The first kappa shape index (κ1) is 20.1. The van der Waals surface area contributed by atoms with E-state index in [1.807, 2.05) is 30.3 Å². The number of hydrogen-bond donors (Lipinski definition) is 2. The Morgan fingerprint density at radius 2 is 1.81 bits per heavy atom. The summed E-state index contributed by atoms with van der Waals surface area (Å²) in [5.74, 6) is 0.602. The summed E-state index contributed by atoms with van der Waals surface area (Å²) < 4.78 is 1.09. The van der Waals surface area contributed by atoms with Crippen LogP contribution in [0.25, 0.3) is 10.2 Å². The summed E-state index contributed by atoms with van der Waals surface area (Å²) in [5, 5.41) is 6.36. The number of nitrogens with two attached hydrogens (primary N) is 1. The fourth-order valence-corrected chi connectivity index (χ4v) is 5.48. The third-order valence-corrected chi connectivity index (χ3v) is 7.35. The lowest BCUT2D eigenvalue weighted by molar-refractivity contribution is 0.313. The first-order valence-electron chi connectivity index (χ1n) is 10.2. The molecule has 1 fully saturated rings. The molecule has 31 heavy (non-hydrogen) atoms. The quantitative estimate of drug-likeness (QED) is 0.332. The molecule has 4 aromatic rings. The van der Waals surface area contributed by atoms with E-state index < -0.39 is 0 Å². The largest absolute Gasteiger partial charge is 0.399 e. The number of aromatic nitrogens is 2. The van der Waals surface area contributed by atoms with Gasteiger partial charge in [0.1, 0.15) is 5.03 Å². The predicted octanol–water partition coefficient (Wildman–Crippen LogP) is 4.92. The normalized spacial score (nSPS) is 14.8. The molecule has 0 atom stereocenters. The van der Waals surface area contributed by atoms with Crippen LogP contribution in [0, 0.1) is 0 Å². The molecule has 3 N–H and O–H groups in total. The van der Waals surface area contributed by atoms with E-state index in [0.717, 1.165) is 57.7 Å². The molecular formula is C23H24N6S2. The highest BCUT2D eigenvalue weighted by molar-refractivity contribution is 7.99. The molecule has 6 nitrogen and oxygen atoms in total. The van der Waals surface area contributed by atoms with Gasteiger partial charge in [-0.2, -0.15) is 0 Å². The van der Waals surface area contributed by atoms with Crippen LogP contribution in [-0.2, 0) is 0 Å². The fraction of sp³-hybridized carbons (Fsp3) is 0.217. The van der Waals surface area contributed by atoms with Crippen molar-refractivity contribution in [2.24, 2.45) is 0 Å². The molecule has 0 bridgehead atoms. The topological polar surface area (TPSA) is 70.3 Å². The fourth-order valence-electron chi connectivity index (χ4n) is 3.60. The van der Waals surface area contributed by atoms with Crippen molar-refractivity contribution in [2.45, 2.75) is 9.92 Å². The van der Waals surface area contributed by atoms with Gasteiger partial charge in [-0.3, -0.25) is 0 Å². The van der Waals surface area contributed by atoms with Gasteiger partial charge in [-0.05, 0) is 61.0 Å². The van der Waals surface area contributed by atoms with Crippen molar-refractivity contribution in [2.75, 3.05) is 49.2 Å². The Bertz CT molecular complexity index is 1180. The summed E-state index contributed by atoms with van der Waals surface area (Å²) in [7, 11) is 2.17. The Hall–Kier alpha value is -2.81. The van der Waals surface area contributed by atoms with Crippen molar-refractivity contribution in [1.29, 1.82) is 0 Å². The molecule has 158 valence electrons. The third-order valence-electron chi connectivity index (χ3n) is 5.34. The zero-order valence-electron chi connectivity index (χ0n) is 17.3. The molecule has 2 aromatic heterocycles. The number of nitrogens with one attached hydrogen (secondary N) is 1. The molecule has 0 saturated carbocycles. The van der Waals surface area contributed by atoms with Crippen molar-refractivity contribution in [3.05, 3.63) is 60.0 Å². The maximum absolute atomic E-state index is 5.95. The van der Waals surface area contributed by atoms with E-state index in [-0.39, 0.29) is 0 Å². The van der Waals surface area contributed by atoms with E-state index >= 15 is 0 Å². The number of hydrogen-bond acceptors (Lipinski definition) is 8. The van der Waals surface area contributed by atoms with Gasteiger partial charge in [0, 0.05) is 48.1 Å². The lowest BCUT2D eigenvalue weighted by Crippen LogP contribution is -2.44. The van der Waals surface area contributed by atoms with Crippen molar-refractivity contribution in [3.8, 4) is 0 Å². The van der Waals surface area contributed by atoms with Gasteiger partial charge < -0.3 is 20.9 Å². The van der Waals surface area contributed by atoms with Gasteiger partial charge in [-0.15, -0.1) is 11.3 Å². The standard InChI is InChI=1S/C23H24N6S2/c1-28-10-12-29(13-11-28)18-7-5-17(6-8-18)25-23-26-20-9-14-30-21(20)22(27-23)31-19-4-2-3-16(24)15-19/h2-9,14-15H,10-13,24H2,1H3,(H,25,26,27). The molecule has 1 saturated heterocycles. The lowest BCUT2D eigenvalue weighted by atomic mass is 10.2. The molecular weight excluding hydrogens is 424 g/mol. The van der Waals surface area contributed by atoms with E-state index in [2.05, 4.69) is 51.8 Å². The number of nitrogen functional groups attached to an aromatic ring is 1. The maximum atomic E-state index is 5.95. The van der Waals surface area contributed by atoms with Crippen LogP contribution in [0.4, 0.5) is 23.0 Å². The number of rotatable bonds is 5. The summed E-state index contributed by atoms with van der Waals surface area (Å²) in [5.41, 5.74) is 9.88. The molecule has 2 aromatic carbocycles. The van der Waals surface area contributed by atoms with Gasteiger partial charge in [0.15, 0.2) is 0 Å². The van der Waals surface area contributed by atoms with E-state index in [4.69, 9.17) is 15.7 Å². The summed E-state index contributed by atoms with van der Waals surface area (Å²) in [4.78, 5) is 15.4. The van der Waals surface area contributed by atoms with Crippen molar-refractivity contribution in [1.82, 2.24) is 14.9 Å². The monoisotopic (exact) mass is 448 g/mol. The summed E-state index contributed by atoms with van der Waals surface area (Å²) >= 11 is 3.27. The maximum Gasteiger partial charge on any atom is 0.228 e. The van der Waals surface area contributed by atoms with E-state index in [9.17, 15) is 0 Å². The molecule has 0 unspecified atom stereocenters. The van der Waals surface area contributed by atoms with Gasteiger partial charge in [-0.25, -0.2) is 9.97 Å². The summed E-state index contributed by atoms with van der Waals surface area (Å²) in [6, 6.07) is 18.4. The predicted molar refractivity (Wildman–Crippen MR) is 132 cm³/mol. The molecule has 3 heterocycles. The van der Waals surface area contributed by atoms with E-state index in [1.165, 1.54) is 5.69 Å². The van der Waals surface area contributed by atoms with Crippen LogP contribution in [0.1, 0.15) is 0 Å². The van der Waals surface area contributed by atoms with Gasteiger partial charge in [-0.1, -0.05) is 17.8 Å². The number of likely N-dealkylation sites (N-methyl/N-ethyl adjacent to an activating group) is 1. The third kappa shape index (κ3) is 4.61. The lowest BCUT2D eigenvalue weighted by Gasteiger charge is -2.34. The second-order valence-corrected chi connectivity index (χ2v) is 9.60. The average Bonchev–Trinajstić information content (AvgIpc) is 3.24. The molecule has 0 spiro atoms. The van der Waals surface area contributed by atoms with Crippen LogP contribution in [0.2, 0.25) is 0 Å². The summed E-state index contributed by atoms with van der Waals surface area (Å²) in [6.07, 6.45) is 0. The highest BCUT2D eigenvalue weighted by atomic mass is 32.2. The summed E-state index contributed by atoms with van der Waals surface area (Å²) in [6.45, 7) is 4.32. The Labute approximate surface area is 190 Å². The second kappa shape index (κ2) is 8.74. The number of fused-ring (bicyclic) bond motifs is 1. The smallest absolute Gasteiger partial charge is 0.228 e. The van der Waals surface area contributed by atoms with Gasteiger partial charge >= 0.3 is 0 Å². The first-order valence-corrected chi connectivity index (χ1v) is 11.9. The Kier molecular flexibility index (Phi) is 5.67. The average molecular weight is 449 g/mol. The van der Waals surface area contributed by atoms with Crippen LogP contribution in [0.15, 0.2) is 69.9 Å². The van der Waals surface area contributed by atoms with E-state index in [1.54, 1.807) is 23.1 Å². The first-order chi connectivity index (χ1) is 15.1. The minimum atomic E-state index is 0.602. The Balaban J connectivity index is 1.36. The zero-order chi connectivity index (χ0) is 21.2. The van der Waals surface area contributed by atoms with Crippen LogP contribution in [0.5, 0.6) is 0 Å². The Morgan fingerprint density at radius 3 is 2.58 bits per heavy atom. The number of thiophene rings is 1.